The molecule has 0 heterocycles. The lowest BCUT2D eigenvalue weighted by Gasteiger charge is -2.24. The Labute approximate surface area is 265 Å². The van der Waals surface area contributed by atoms with Crippen LogP contribution in [0.3, 0.4) is 0 Å². The van der Waals surface area contributed by atoms with Gasteiger partial charge in [0.2, 0.25) is 5.78 Å². The van der Waals surface area contributed by atoms with E-state index in [4.69, 9.17) is 19.7 Å². The second kappa shape index (κ2) is 29.7. The molecule has 0 bridgehead atoms. The van der Waals surface area contributed by atoms with E-state index in [1.807, 2.05) is 0 Å². The lowest BCUT2D eigenvalue weighted by atomic mass is 10.0. The molecule has 10 heteroatoms. The number of aliphatic hydroxyl groups is 3. The first-order valence-electron chi connectivity index (χ1n) is 17.3. The lowest BCUT2D eigenvalue weighted by Crippen LogP contribution is -2.47. The molecule has 4 N–H and O–H groups in total. The van der Waals surface area contributed by atoms with Crippen molar-refractivity contribution in [2.75, 3.05) is 13.2 Å². The fraction of sp³-hybridized carbons (Fsp3) is 0.882. The topological polar surface area (TPSA) is 168 Å². The molecule has 0 fully saturated rings. The Balaban J connectivity index is 3.92. The largest absolute Gasteiger partial charge is 0.481 e. The van der Waals surface area contributed by atoms with Crippen molar-refractivity contribution < 1.29 is 49.1 Å². The molecule has 0 aromatic heterocycles. The highest BCUT2D eigenvalue weighted by molar-refractivity contribution is 5.88. The molecule has 0 radical (unpaired) electrons. The number of ketones is 1. The summed E-state index contributed by atoms with van der Waals surface area (Å²) in [5.74, 6) is -3.39. The molecular formula is C34H62O10. The molecule has 10 nitrogen and oxygen atoms in total. The highest BCUT2D eigenvalue weighted by Gasteiger charge is 2.35. The van der Waals surface area contributed by atoms with Crippen molar-refractivity contribution in [1.29, 1.82) is 0 Å². The van der Waals surface area contributed by atoms with Crippen LogP contribution in [0.2, 0.25) is 0 Å². The van der Waals surface area contributed by atoms with Crippen molar-refractivity contribution in [3.05, 3.63) is 0 Å². The van der Waals surface area contributed by atoms with Crippen molar-refractivity contribution in [2.45, 2.75) is 179 Å². The number of hydrogen-bond acceptors (Lipinski definition) is 9. The molecule has 44 heavy (non-hydrogen) atoms. The van der Waals surface area contributed by atoms with Crippen molar-refractivity contribution in [3.63, 3.8) is 0 Å². The van der Waals surface area contributed by atoms with Gasteiger partial charge in [-0.3, -0.25) is 19.2 Å². The Kier molecular flexibility index (Phi) is 28.3. The van der Waals surface area contributed by atoms with E-state index >= 15 is 0 Å². The minimum absolute atomic E-state index is 0.128. The van der Waals surface area contributed by atoms with Crippen molar-refractivity contribution in [3.8, 4) is 0 Å². The molecule has 0 aliphatic rings. The van der Waals surface area contributed by atoms with Crippen LogP contribution in [0.1, 0.15) is 161 Å². The Morgan fingerprint density at radius 3 is 1.39 bits per heavy atom. The molecule has 0 saturated carbocycles. The molecule has 0 aromatic rings. The number of rotatable bonds is 32. The van der Waals surface area contributed by atoms with E-state index in [0.717, 1.165) is 19.3 Å². The summed E-state index contributed by atoms with van der Waals surface area (Å²) < 4.78 is 9.98. The van der Waals surface area contributed by atoms with Gasteiger partial charge in [0.1, 0.15) is 12.2 Å². The minimum atomic E-state index is -1.91. The average molecular weight is 631 g/mol. The van der Waals surface area contributed by atoms with Gasteiger partial charge in [0.05, 0.1) is 6.61 Å². The zero-order valence-corrected chi connectivity index (χ0v) is 27.4. The van der Waals surface area contributed by atoms with Crippen LogP contribution in [0.5, 0.6) is 0 Å². The van der Waals surface area contributed by atoms with Crippen molar-refractivity contribution >= 4 is 23.7 Å². The van der Waals surface area contributed by atoms with Gasteiger partial charge in [-0.25, -0.2) is 0 Å². The van der Waals surface area contributed by atoms with E-state index in [9.17, 15) is 29.4 Å². The van der Waals surface area contributed by atoms with Gasteiger partial charge in [-0.1, -0.05) is 122 Å². The first-order valence-corrected chi connectivity index (χ1v) is 17.3. The van der Waals surface area contributed by atoms with E-state index in [2.05, 4.69) is 6.92 Å². The smallest absolute Gasteiger partial charge is 0.306 e. The zero-order chi connectivity index (χ0) is 32.8. The maximum Gasteiger partial charge on any atom is 0.306 e. The Morgan fingerprint density at radius 1 is 0.568 bits per heavy atom. The Bertz CT molecular complexity index is 742. The lowest BCUT2D eigenvalue weighted by molar-refractivity contribution is -0.171. The predicted molar refractivity (Wildman–Crippen MR) is 169 cm³/mol. The fourth-order valence-corrected chi connectivity index (χ4v) is 5.04. The van der Waals surface area contributed by atoms with Crippen LogP contribution in [0.15, 0.2) is 0 Å². The number of Topliss-reactive ketones (excluding diaryl/α,β-unsaturated/α-hetero) is 1. The van der Waals surface area contributed by atoms with E-state index in [1.54, 1.807) is 0 Å². The van der Waals surface area contributed by atoms with Gasteiger partial charge in [-0.2, -0.15) is 0 Å². The summed E-state index contributed by atoms with van der Waals surface area (Å²) in [4.78, 5) is 47.3. The van der Waals surface area contributed by atoms with E-state index in [1.165, 1.54) is 96.3 Å². The maximum atomic E-state index is 12.5. The molecule has 0 aliphatic carbocycles. The van der Waals surface area contributed by atoms with Crippen LogP contribution in [0, 0.1) is 0 Å². The molecule has 3 atom stereocenters. The highest BCUT2D eigenvalue weighted by Crippen LogP contribution is 2.15. The van der Waals surface area contributed by atoms with Crippen LogP contribution in [-0.4, -0.2) is 75.6 Å². The van der Waals surface area contributed by atoms with Gasteiger partial charge >= 0.3 is 17.9 Å². The minimum Gasteiger partial charge on any atom is -0.481 e. The number of esters is 2. The predicted octanol–water partition coefficient (Wildman–Crippen LogP) is 6.19. The summed E-state index contributed by atoms with van der Waals surface area (Å²) in [5, 5.41) is 37.6. The van der Waals surface area contributed by atoms with Crippen LogP contribution in [0.25, 0.3) is 0 Å². The van der Waals surface area contributed by atoms with Crippen LogP contribution in [-0.2, 0) is 28.7 Å². The normalized spacial score (nSPS) is 13.3. The van der Waals surface area contributed by atoms with Crippen LogP contribution < -0.4 is 0 Å². The number of carboxylic acid groups (broad SMARTS) is 1. The number of carboxylic acids is 1. The van der Waals surface area contributed by atoms with Crippen molar-refractivity contribution in [1.82, 2.24) is 0 Å². The van der Waals surface area contributed by atoms with Crippen molar-refractivity contribution in [2.24, 2.45) is 0 Å². The summed E-state index contributed by atoms with van der Waals surface area (Å²) in [7, 11) is 0. The van der Waals surface area contributed by atoms with E-state index in [-0.39, 0.29) is 32.1 Å². The van der Waals surface area contributed by atoms with Crippen LogP contribution in [0.4, 0.5) is 0 Å². The zero-order valence-electron chi connectivity index (χ0n) is 27.4. The van der Waals surface area contributed by atoms with Gasteiger partial charge < -0.3 is 29.9 Å². The summed E-state index contributed by atoms with van der Waals surface area (Å²) >= 11 is 0. The maximum absolute atomic E-state index is 12.5. The fourth-order valence-electron chi connectivity index (χ4n) is 5.04. The quantitative estimate of drug-likeness (QED) is 0.0497. The third-order valence-corrected chi connectivity index (χ3v) is 7.85. The number of ether oxygens (including phenoxy) is 2. The summed E-state index contributed by atoms with van der Waals surface area (Å²) in [5.41, 5.74) is 0. The van der Waals surface area contributed by atoms with Gasteiger partial charge in [0, 0.05) is 19.3 Å². The second-order valence-electron chi connectivity index (χ2n) is 12.0. The number of aliphatic hydroxyl groups excluding tert-OH is 3. The third-order valence-electron chi connectivity index (χ3n) is 7.85. The number of carbonyl (C=O) groups is 4. The molecular weight excluding hydrogens is 568 g/mol. The number of aliphatic carboxylic acids is 1. The van der Waals surface area contributed by atoms with Gasteiger partial charge in [-0.15, -0.1) is 0 Å². The highest BCUT2D eigenvalue weighted by atomic mass is 16.6. The average Bonchev–Trinajstić information content (AvgIpc) is 3.01. The molecule has 0 unspecified atom stereocenters. The molecule has 0 spiro atoms. The number of unbranched alkanes of at least 4 members (excludes halogenated alkanes) is 19. The number of hydrogen-bond donors (Lipinski definition) is 4. The molecule has 0 aromatic carbocycles. The second-order valence-corrected chi connectivity index (χ2v) is 12.0. The first kappa shape index (κ1) is 42.0. The Morgan fingerprint density at radius 2 is 0.955 bits per heavy atom. The monoisotopic (exact) mass is 630 g/mol. The summed E-state index contributed by atoms with van der Waals surface area (Å²) in [6.45, 7) is 0.637. The first-order chi connectivity index (χ1) is 21.2. The molecule has 0 amide bonds. The summed E-state index contributed by atoms with van der Waals surface area (Å²) in [6, 6.07) is 0. The molecule has 0 aliphatic heterocycles. The van der Waals surface area contributed by atoms with E-state index in [0.29, 0.717) is 6.42 Å². The Hall–Kier alpha value is -2.04. The van der Waals surface area contributed by atoms with Gasteiger partial charge in [0.15, 0.2) is 12.7 Å². The molecule has 258 valence electrons. The summed E-state index contributed by atoms with van der Waals surface area (Å²) in [6.07, 6.45) is 18.6. The third kappa shape index (κ3) is 25.3. The standard InChI is InChI=1S/C34H62O10/c1-2-3-4-5-6-7-8-9-10-11-12-13-14-15-16-17-18-19-20-24-31(40)43-27-29(37)34(33(42)28(36)26-35)44-32(41)25-22-21-23-30(38)39/h28,33-36,42H,2-27H2,1H3,(H,38,39)/t28-,33+,34+/m1/s1. The number of carbonyl (C=O) groups excluding carboxylic acids is 3. The van der Waals surface area contributed by atoms with Gasteiger partial charge in [-0.05, 0) is 19.3 Å². The van der Waals surface area contributed by atoms with Gasteiger partial charge in [0.25, 0.3) is 0 Å². The molecule has 0 rings (SSSR count). The SMILES string of the molecule is CCCCCCCCCCCCCCCCCCCCCC(=O)OCC(=O)[C@H](OC(=O)CCCCC(=O)O)[C@@H](O)[C@H](O)CO. The molecule has 0 saturated heterocycles. The van der Waals surface area contributed by atoms with E-state index < -0.39 is 55.2 Å². The van der Waals surface area contributed by atoms with Crippen LogP contribution >= 0.6 is 0 Å².